The first-order chi connectivity index (χ1) is 16.9. The summed E-state index contributed by atoms with van der Waals surface area (Å²) in [6.07, 6.45) is 3.27. The van der Waals surface area contributed by atoms with Gasteiger partial charge in [0.1, 0.15) is 11.6 Å². The average molecular weight is 476 g/mol. The van der Waals surface area contributed by atoms with Crippen molar-refractivity contribution in [3.05, 3.63) is 54.9 Å². The lowest BCUT2D eigenvalue weighted by Crippen LogP contribution is -2.44. The minimum atomic E-state index is 0.0336. The number of carbonyl (C=O) groups excluding carboxylic acids is 1. The van der Waals surface area contributed by atoms with Gasteiger partial charge in [-0.25, -0.2) is 4.98 Å². The van der Waals surface area contributed by atoms with E-state index in [4.69, 9.17) is 9.72 Å². The van der Waals surface area contributed by atoms with Crippen molar-refractivity contribution < 1.29 is 9.53 Å². The third-order valence-electron chi connectivity index (χ3n) is 6.23. The monoisotopic (exact) mass is 475 g/mol. The van der Waals surface area contributed by atoms with Crippen LogP contribution in [0.5, 0.6) is 11.6 Å². The van der Waals surface area contributed by atoms with Crippen LogP contribution < -0.4 is 14.5 Å². The highest BCUT2D eigenvalue weighted by Gasteiger charge is 2.16. The Morgan fingerprint density at radius 3 is 2.43 bits per heavy atom. The Hall–Kier alpha value is -3.72. The summed E-state index contributed by atoms with van der Waals surface area (Å²) in [5.74, 6) is 2.82. The first kappa shape index (κ1) is 24.4. The molecule has 1 amide bonds. The minimum Gasteiger partial charge on any atom is -0.437 e. The second-order valence-electron chi connectivity index (χ2n) is 8.88. The number of carbonyl (C=O) groups is 1. The second kappa shape index (κ2) is 11.1. The van der Waals surface area contributed by atoms with Crippen LogP contribution in [-0.4, -0.2) is 91.1 Å². The number of rotatable bonds is 8. The SMILES string of the molecule is CC(=O)N(C)CCN(C)c1cncc(Oc2ccc(-c3cccc(N4CCN(C)CC4)n3)cc2)n1. The number of anilines is 2. The Morgan fingerprint density at radius 2 is 1.71 bits per heavy atom. The van der Waals surface area contributed by atoms with Gasteiger partial charge in [-0.05, 0) is 43.4 Å². The molecule has 0 atom stereocenters. The van der Waals surface area contributed by atoms with Crippen LogP contribution in [0.15, 0.2) is 54.9 Å². The van der Waals surface area contributed by atoms with Gasteiger partial charge in [-0.2, -0.15) is 4.98 Å². The Balaban J connectivity index is 1.40. The zero-order valence-electron chi connectivity index (χ0n) is 20.9. The molecule has 9 heteroatoms. The van der Waals surface area contributed by atoms with E-state index in [1.165, 1.54) is 0 Å². The van der Waals surface area contributed by atoms with E-state index >= 15 is 0 Å². The van der Waals surface area contributed by atoms with E-state index in [-0.39, 0.29) is 5.91 Å². The molecule has 0 bridgehead atoms. The quantitative estimate of drug-likeness (QED) is 0.492. The lowest BCUT2D eigenvalue weighted by Gasteiger charge is -2.33. The van der Waals surface area contributed by atoms with Crippen molar-refractivity contribution in [2.45, 2.75) is 6.92 Å². The Labute approximate surface area is 207 Å². The number of pyridine rings is 1. The standard InChI is InChI=1S/C26H33N7O2/c1-20(34)31(3)14-15-32(4)25-18-27-19-26(29-25)35-22-10-8-21(9-11-22)23-6-5-7-24(28-23)33-16-12-30(2)13-17-33/h5-11,18-19H,12-17H2,1-4H3. The van der Waals surface area contributed by atoms with E-state index in [0.29, 0.717) is 30.5 Å². The molecule has 9 nitrogen and oxygen atoms in total. The summed E-state index contributed by atoms with van der Waals surface area (Å²) in [4.78, 5) is 33.4. The third-order valence-corrected chi connectivity index (χ3v) is 6.23. The van der Waals surface area contributed by atoms with E-state index in [1.807, 2.05) is 42.3 Å². The molecule has 1 aliphatic rings. The largest absolute Gasteiger partial charge is 0.437 e. The van der Waals surface area contributed by atoms with Crippen LogP contribution in [0.2, 0.25) is 0 Å². The highest BCUT2D eigenvalue weighted by atomic mass is 16.5. The lowest BCUT2D eigenvalue weighted by molar-refractivity contribution is -0.127. The lowest BCUT2D eigenvalue weighted by atomic mass is 10.1. The highest BCUT2D eigenvalue weighted by Crippen LogP contribution is 2.26. The van der Waals surface area contributed by atoms with Crippen molar-refractivity contribution >= 4 is 17.5 Å². The summed E-state index contributed by atoms with van der Waals surface area (Å²) in [6, 6.07) is 14.0. The smallest absolute Gasteiger partial charge is 0.239 e. The fraction of sp³-hybridized carbons (Fsp3) is 0.385. The van der Waals surface area contributed by atoms with E-state index in [0.717, 1.165) is 43.3 Å². The minimum absolute atomic E-state index is 0.0336. The fourth-order valence-electron chi connectivity index (χ4n) is 3.75. The van der Waals surface area contributed by atoms with Gasteiger partial charge in [0.2, 0.25) is 11.8 Å². The predicted molar refractivity (Wildman–Crippen MR) is 138 cm³/mol. The van der Waals surface area contributed by atoms with Crippen molar-refractivity contribution in [1.29, 1.82) is 0 Å². The number of hydrogen-bond acceptors (Lipinski definition) is 8. The number of nitrogens with zero attached hydrogens (tertiary/aromatic N) is 7. The van der Waals surface area contributed by atoms with Gasteiger partial charge in [-0.3, -0.25) is 9.78 Å². The summed E-state index contributed by atoms with van der Waals surface area (Å²) in [7, 11) is 5.85. The molecule has 4 rings (SSSR count). The molecule has 35 heavy (non-hydrogen) atoms. The number of amides is 1. The van der Waals surface area contributed by atoms with Crippen LogP contribution in [-0.2, 0) is 4.79 Å². The van der Waals surface area contributed by atoms with Gasteiger partial charge >= 0.3 is 0 Å². The van der Waals surface area contributed by atoms with Gasteiger partial charge in [0.05, 0.1) is 18.1 Å². The van der Waals surface area contributed by atoms with Gasteiger partial charge in [0, 0.05) is 65.9 Å². The molecule has 1 aromatic carbocycles. The van der Waals surface area contributed by atoms with E-state index < -0.39 is 0 Å². The highest BCUT2D eigenvalue weighted by molar-refractivity contribution is 5.72. The summed E-state index contributed by atoms with van der Waals surface area (Å²) >= 11 is 0. The molecule has 1 saturated heterocycles. The molecule has 0 N–H and O–H groups in total. The summed E-state index contributed by atoms with van der Waals surface area (Å²) in [5.41, 5.74) is 1.97. The molecule has 0 unspecified atom stereocenters. The Kier molecular flexibility index (Phi) is 7.77. The van der Waals surface area contributed by atoms with Gasteiger partial charge < -0.3 is 24.3 Å². The van der Waals surface area contributed by atoms with Crippen molar-refractivity contribution in [3.8, 4) is 22.9 Å². The molecular formula is C26H33N7O2. The number of piperazine rings is 1. The average Bonchev–Trinajstić information content (AvgIpc) is 2.88. The summed E-state index contributed by atoms with van der Waals surface area (Å²) in [5, 5.41) is 0. The molecule has 3 aromatic rings. The molecule has 184 valence electrons. The van der Waals surface area contributed by atoms with Crippen LogP contribution in [0.4, 0.5) is 11.6 Å². The number of aromatic nitrogens is 3. The zero-order chi connectivity index (χ0) is 24.8. The van der Waals surface area contributed by atoms with Crippen molar-refractivity contribution in [2.75, 3.05) is 70.2 Å². The Bertz CT molecular complexity index is 1130. The molecule has 0 aliphatic carbocycles. The first-order valence-electron chi connectivity index (χ1n) is 11.8. The van der Waals surface area contributed by atoms with Crippen LogP contribution in [0, 0.1) is 0 Å². The molecule has 3 heterocycles. The third kappa shape index (κ3) is 6.45. The van der Waals surface area contributed by atoms with Crippen LogP contribution >= 0.6 is 0 Å². The van der Waals surface area contributed by atoms with Crippen molar-refractivity contribution in [3.63, 3.8) is 0 Å². The second-order valence-corrected chi connectivity index (χ2v) is 8.88. The fourth-order valence-corrected chi connectivity index (χ4v) is 3.75. The molecule has 1 aliphatic heterocycles. The van der Waals surface area contributed by atoms with Gasteiger partial charge in [-0.15, -0.1) is 0 Å². The normalized spacial score (nSPS) is 14.0. The van der Waals surface area contributed by atoms with E-state index in [2.05, 4.69) is 38.9 Å². The van der Waals surface area contributed by atoms with Gasteiger partial charge in [0.15, 0.2) is 5.82 Å². The topological polar surface area (TPSA) is 77.9 Å². The molecule has 0 saturated carbocycles. The Morgan fingerprint density at radius 1 is 0.971 bits per heavy atom. The van der Waals surface area contributed by atoms with Crippen molar-refractivity contribution in [1.82, 2.24) is 24.8 Å². The zero-order valence-corrected chi connectivity index (χ0v) is 20.9. The number of likely N-dealkylation sites (N-methyl/N-ethyl adjacent to an activating group) is 3. The maximum absolute atomic E-state index is 11.4. The van der Waals surface area contributed by atoms with Crippen LogP contribution in [0.25, 0.3) is 11.3 Å². The first-order valence-corrected chi connectivity index (χ1v) is 11.8. The van der Waals surface area contributed by atoms with Crippen molar-refractivity contribution in [2.24, 2.45) is 0 Å². The van der Waals surface area contributed by atoms with E-state index in [9.17, 15) is 4.79 Å². The van der Waals surface area contributed by atoms with Gasteiger partial charge in [0.25, 0.3) is 0 Å². The molecule has 1 fully saturated rings. The van der Waals surface area contributed by atoms with Crippen LogP contribution in [0.1, 0.15) is 6.92 Å². The van der Waals surface area contributed by atoms with Gasteiger partial charge in [-0.1, -0.05) is 6.07 Å². The maximum Gasteiger partial charge on any atom is 0.239 e. The predicted octanol–water partition coefficient (Wildman–Crippen LogP) is 3.00. The number of ether oxygens (including phenoxy) is 1. The summed E-state index contributed by atoms with van der Waals surface area (Å²) < 4.78 is 5.95. The summed E-state index contributed by atoms with van der Waals surface area (Å²) in [6.45, 7) is 6.87. The van der Waals surface area contributed by atoms with E-state index in [1.54, 1.807) is 31.3 Å². The number of benzene rings is 1. The number of hydrogen-bond donors (Lipinski definition) is 0. The molecule has 0 spiro atoms. The van der Waals surface area contributed by atoms with Crippen LogP contribution in [0.3, 0.4) is 0 Å². The molecular weight excluding hydrogens is 442 g/mol. The molecule has 2 aromatic heterocycles. The molecule has 0 radical (unpaired) electrons. The maximum atomic E-state index is 11.4.